The van der Waals surface area contributed by atoms with Crippen molar-refractivity contribution in [3.63, 3.8) is 0 Å². The van der Waals surface area contributed by atoms with E-state index in [1.165, 1.54) is 12.3 Å². The number of allylic oxidation sites excluding steroid dienone is 1. The van der Waals surface area contributed by atoms with Gasteiger partial charge in [-0.25, -0.2) is 8.78 Å². The summed E-state index contributed by atoms with van der Waals surface area (Å²) >= 11 is 0. The van der Waals surface area contributed by atoms with Crippen LogP contribution < -0.4 is 5.84 Å². The van der Waals surface area contributed by atoms with Gasteiger partial charge < -0.3 is 20.6 Å². The zero-order valence-electron chi connectivity index (χ0n) is 11.5. The maximum atomic E-state index is 14.2. The van der Waals surface area contributed by atoms with E-state index in [-0.39, 0.29) is 24.4 Å². The van der Waals surface area contributed by atoms with Gasteiger partial charge in [-0.3, -0.25) is 4.99 Å². The summed E-state index contributed by atoms with van der Waals surface area (Å²) in [4.78, 5) is 5.62. The van der Waals surface area contributed by atoms with Crippen LogP contribution in [-0.2, 0) is 4.74 Å². The summed E-state index contributed by atoms with van der Waals surface area (Å²) in [5.74, 6) is 3.86. The van der Waals surface area contributed by atoms with Gasteiger partial charge in [-0.05, 0) is 6.08 Å². The molecule has 1 unspecified atom stereocenters. The third-order valence-electron chi connectivity index (χ3n) is 3.28. The number of hydrogen-bond donors (Lipinski definition) is 2. The van der Waals surface area contributed by atoms with Crippen LogP contribution in [0.25, 0.3) is 0 Å². The Kier molecular flexibility index (Phi) is 5.40. The maximum Gasteiger partial charge on any atom is 0.147 e. The molecule has 1 fully saturated rings. The molecule has 1 atom stereocenters. The number of ether oxygens (including phenoxy) is 1. The Morgan fingerprint density at radius 3 is 2.76 bits per heavy atom. The van der Waals surface area contributed by atoms with Crippen molar-refractivity contribution in [1.29, 1.82) is 0 Å². The van der Waals surface area contributed by atoms with E-state index in [4.69, 9.17) is 15.7 Å². The highest BCUT2D eigenvalue weighted by atomic mass is 19.1. The summed E-state index contributed by atoms with van der Waals surface area (Å²) < 4.78 is 33.5. The molecule has 0 saturated carbocycles. The number of aliphatic hydroxyl groups excluding tert-OH is 1. The first-order valence-electron chi connectivity index (χ1n) is 6.65. The maximum absolute atomic E-state index is 14.2. The van der Waals surface area contributed by atoms with Crippen LogP contribution in [-0.4, -0.2) is 60.9 Å². The summed E-state index contributed by atoms with van der Waals surface area (Å²) in [5.41, 5.74) is 0.145. The molecular weight excluding hydrogens is 282 g/mol. The Morgan fingerprint density at radius 2 is 2.19 bits per heavy atom. The molecule has 21 heavy (non-hydrogen) atoms. The van der Waals surface area contributed by atoms with Crippen LogP contribution in [0.5, 0.6) is 0 Å². The predicted molar refractivity (Wildman–Crippen MR) is 75.3 cm³/mol. The van der Waals surface area contributed by atoms with Crippen LogP contribution in [0.3, 0.4) is 0 Å². The summed E-state index contributed by atoms with van der Waals surface area (Å²) in [7, 11) is 0. The van der Waals surface area contributed by atoms with Gasteiger partial charge in [0, 0.05) is 25.7 Å². The highest BCUT2D eigenvalue weighted by Crippen LogP contribution is 2.31. The highest BCUT2D eigenvalue weighted by molar-refractivity contribution is 6.31. The van der Waals surface area contributed by atoms with Crippen molar-refractivity contribution in [1.82, 2.24) is 4.90 Å². The summed E-state index contributed by atoms with van der Waals surface area (Å²) in [6.07, 6.45) is 2.46. The second-order valence-electron chi connectivity index (χ2n) is 4.70. The van der Waals surface area contributed by atoms with Gasteiger partial charge in [-0.15, -0.1) is 0 Å². The van der Waals surface area contributed by atoms with Gasteiger partial charge in [-0.2, -0.15) is 5.10 Å². The molecule has 0 aromatic rings. The van der Waals surface area contributed by atoms with Crippen molar-refractivity contribution < 1.29 is 18.6 Å². The third-order valence-corrected chi connectivity index (χ3v) is 3.28. The molecular formula is C13H18F2N4O2. The molecule has 1 saturated heterocycles. The fraction of sp³-hybridized carbons (Fsp3) is 0.538. The Balaban J connectivity index is 2.09. The van der Waals surface area contributed by atoms with Crippen LogP contribution in [0.15, 0.2) is 33.5 Å². The molecule has 2 rings (SSSR count). The smallest absolute Gasteiger partial charge is 0.147 e. The van der Waals surface area contributed by atoms with Gasteiger partial charge in [0.1, 0.15) is 23.1 Å². The first-order chi connectivity index (χ1) is 10.2. The fourth-order valence-corrected chi connectivity index (χ4v) is 2.22. The van der Waals surface area contributed by atoms with Crippen LogP contribution in [0.4, 0.5) is 8.78 Å². The van der Waals surface area contributed by atoms with Crippen molar-refractivity contribution in [3.05, 3.63) is 23.4 Å². The van der Waals surface area contributed by atoms with Gasteiger partial charge in [0.05, 0.1) is 25.9 Å². The number of rotatable bonds is 4. The normalized spacial score (nSPS) is 24.7. The van der Waals surface area contributed by atoms with Gasteiger partial charge in [0.25, 0.3) is 0 Å². The molecule has 6 nitrogen and oxygen atoms in total. The Bertz CT molecular complexity index is 496. The third kappa shape index (κ3) is 3.85. The molecule has 1 heterocycles. The second-order valence-corrected chi connectivity index (χ2v) is 4.70. The molecule has 8 heteroatoms. The number of halogens is 2. The van der Waals surface area contributed by atoms with Crippen LogP contribution in [0.1, 0.15) is 6.42 Å². The van der Waals surface area contributed by atoms with Gasteiger partial charge >= 0.3 is 0 Å². The van der Waals surface area contributed by atoms with Crippen molar-refractivity contribution in [3.8, 4) is 0 Å². The molecule has 0 radical (unpaired) electrons. The molecule has 2 aliphatic rings. The van der Waals surface area contributed by atoms with E-state index in [9.17, 15) is 8.78 Å². The zero-order chi connectivity index (χ0) is 15.2. The molecule has 0 spiro atoms. The fourth-order valence-electron chi connectivity index (χ4n) is 2.22. The number of morpholine rings is 1. The number of hydrazone groups is 1. The molecule has 0 bridgehead atoms. The summed E-state index contributed by atoms with van der Waals surface area (Å²) in [6.45, 7) is 1.46. The average molecular weight is 300 g/mol. The number of nitrogens with zero attached hydrogens (tertiary/aromatic N) is 3. The Hall–Kier alpha value is -1.80. The van der Waals surface area contributed by atoms with E-state index in [2.05, 4.69) is 10.1 Å². The van der Waals surface area contributed by atoms with E-state index in [1.807, 2.05) is 0 Å². The second kappa shape index (κ2) is 7.28. The molecule has 1 aliphatic heterocycles. The molecule has 0 aromatic carbocycles. The van der Waals surface area contributed by atoms with Crippen LogP contribution in [0.2, 0.25) is 0 Å². The number of aliphatic hydroxyl groups is 1. The summed E-state index contributed by atoms with van der Waals surface area (Å²) in [5, 5.41) is 12.2. The molecule has 0 amide bonds. The lowest BCUT2D eigenvalue weighted by Gasteiger charge is -2.32. The predicted octanol–water partition coefficient (Wildman–Crippen LogP) is 0.503. The zero-order valence-corrected chi connectivity index (χ0v) is 11.5. The minimum Gasteiger partial charge on any atom is -0.390 e. The van der Waals surface area contributed by atoms with Gasteiger partial charge in [-0.1, -0.05) is 0 Å². The number of aliphatic imine (C=N–C) groups is 1. The molecule has 1 aliphatic carbocycles. The monoisotopic (exact) mass is 300 g/mol. The standard InChI is InChI=1S/C13H18F2N4O2/c14-11-5-9(17-7-10(8-20)18-16)6-12(15)13(11)19-1-3-21-4-2-19/h5,7,9,20H,1-4,6,8,16H2. The van der Waals surface area contributed by atoms with Crippen molar-refractivity contribution in [2.24, 2.45) is 15.9 Å². The minimum absolute atomic E-state index is 0.000349. The lowest BCUT2D eigenvalue weighted by Crippen LogP contribution is -2.37. The lowest BCUT2D eigenvalue weighted by molar-refractivity contribution is 0.0516. The van der Waals surface area contributed by atoms with Gasteiger partial charge in [0.15, 0.2) is 0 Å². The molecule has 0 aromatic heterocycles. The Labute approximate surface area is 121 Å². The van der Waals surface area contributed by atoms with Crippen LogP contribution >= 0.6 is 0 Å². The van der Waals surface area contributed by atoms with E-state index in [0.29, 0.717) is 26.3 Å². The minimum atomic E-state index is -0.668. The van der Waals surface area contributed by atoms with E-state index >= 15 is 0 Å². The number of hydrogen-bond acceptors (Lipinski definition) is 6. The van der Waals surface area contributed by atoms with Crippen LogP contribution in [0, 0.1) is 0 Å². The number of nitrogens with two attached hydrogens (primary N) is 1. The quantitative estimate of drug-likeness (QED) is 0.450. The topological polar surface area (TPSA) is 83.4 Å². The van der Waals surface area contributed by atoms with Gasteiger partial charge in [0.2, 0.25) is 0 Å². The molecule has 116 valence electrons. The highest BCUT2D eigenvalue weighted by Gasteiger charge is 2.27. The first kappa shape index (κ1) is 15.6. The van der Waals surface area contributed by atoms with Crippen molar-refractivity contribution >= 4 is 11.9 Å². The summed E-state index contributed by atoms with van der Waals surface area (Å²) in [6, 6.07) is -0.668. The van der Waals surface area contributed by atoms with Crippen molar-refractivity contribution in [2.45, 2.75) is 12.5 Å². The largest absolute Gasteiger partial charge is 0.390 e. The van der Waals surface area contributed by atoms with Crippen molar-refractivity contribution in [2.75, 3.05) is 32.9 Å². The average Bonchev–Trinajstić information content (AvgIpc) is 2.49. The van der Waals surface area contributed by atoms with E-state index in [0.717, 1.165) is 0 Å². The SMILES string of the molecule is NN=C(C=NC1C=C(F)C(N2CCOCC2)=C(F)C1)CO. The molecule has 3 N–H and O–H groups in total. The lowest BCUT2D eigenvalue weighted by atomic mass is 10.0. The van der Waals surface area contributed by atoms with E-state index < -0.39 is 17.7 Å². The first-order valence-corrected chi connectivity index (χ1v) is 6.65. The Morgan fingerprint density at radius 1 is 1.48 bits per heavy atom. The van der Waals surface area contributed by atoms with E-state index in [1.54, 1.807) is 4.90 Å².